The lowest BCUT2D eigenvalue weighted by atomic mass is 10.1. The molecule has 0 N–H and O–H groups in total. The summed E-state index contributed by atoms with van der Waals surface area (Å²) < 4.78 is 39.0. The molecule has 0 unspecified atom stereocenters. The van der Waals surface area contributed by atoms with E-state index in [-0.39, 0.29) is 10.7 Å². The summed E-state index contributed by atoms with van der Waals surface area (Å²) >= 11 is 9.09. The number of rotatable bonds is 6. The summed E-state index contributed by atoms with van der Waals surface area (Å²) in [5, 5.41) is 0.673. The normalized spacial score (nSPS) is 11.6. The van der Waals surface area contributed by atoms with Crippen LogP contribution in [0.1, 0.15) is 5.56 Å². The van der Waals surface area contributed by atoms with Crippen molar-refractivity contribution in [2.75, 3.05) is 6.26 Å². The van der Waals surface area contributed by atoms with E-state index in [1.54, 1.807) is 48.2 Å². The molecule has 0 saturated carbocycles. The third kappa shape index (κ3) is 5.18. The van der Waals surface area contributed by atoms with E-state index in [9.17, 15) is 12.8 Å². The Morgan fingerprint density at radius 2 is 1.77 bits per heavy atom. The first kappa shape index (κ1) is 22.0. The minimum Gasteiger partial charge on any atom is -0.229 e. The van der Waals surface area contributed by atoms with Crippen LogP contribution in [0.4, 0.5) is 4.39 Å². The Morgan fingerprint density at radius 3 is 2.48 bits per heavy atom. The molecule has 4 aromatic rings. The summed E-state index contributed by atoms with van der Waals surface area (Å²) in [5.41, 5.74) is 2.96. The molecule has 0 aliphatic rings. The number of hydrogen-bond donors (Lipinski definition) is 0. The van der Waals surface area contributed by atoms with Crippen molar-refractivity contribution in [2.24, 2.45) is 0 Å². The van der Waals surface area contributed by atoms with Gasteiger partial charge in [0.15, 0.2) is 14.2 Å². The topological polar surface area (TPSA) is 47.0 Å². The number of aromatic nitrogens is 1. The summed E-state index contributed by atoms with van der Waals surface area (Å²) in [6, 6.07) is 20.6. The third-order valence-electron chi connectivity index (χ3n) is 4.51. The fourth-order valence-electron chi connectivity index (χ4n) is 3.10. The van der Waals surface area contributed by atoms with Crippen molar-refractivity contribution in [3.8, 4) is 21.7 Å². The number of thioether (sulfide) groups is 1. The number of benzene rings is 3. The van der Waals surface area contributed by atoms with E-state index in [2.05, 4.69) is 0 Å². The number of thiazole rings is 1. The second kappa shape index (κ2) is 9.12. The molecule has 0 atom stereocenters. The summed E-state index contributed by atoms with van der Waals surface area (Å²) in [7, 11) is -3.45. The Balaban J connectivity index is 1.79. The highest BCUT2D eigenvalue weighted by Gasteiger charge is 2.21. The summed E-state index contributed by atoms with van der Waals surface area (Å²) in [6.07, 6.45) is 1.19. The van der Waals surface area contributed by atoms with Crippen LogP contribution in [0.15, 0.2) is 82.0 Å². The molecule has 0 amide bonds. The van der Waals surface area contributed by atoms with E-state index >= 15 is 0 Å². The molecular weight excluding hydrogens is 473 g/mol. The van der Waals surface area contributed by atoms with Gasteiger partial charge in [-0.2, -0.15) is 0 Å². The Morgan fingerprint density at radius 1 is 1.03 bits per heavy atom. The smallest absolute Gasteiger partial charge is 0.176 e. The molecule has 1 heterocycles. The van der Waals surface area contributed by atoms with E-state index in [0.717, 1.165) is 20.3 Å². The fraction of sp³-hybridized carbons (Fsp3) is 0.0870. The van der Waals surface area contributed by atoms with Crippen molar-refractivity contribution in [1.29, 1.82) is 0 Å². The van der Waals surface area contributed by atoms with Crippen LogP contribution < -0.4 is 0 Å². The molecule has 1 aromatic heterocycles. The van der Waals surface area contributed by atoms with Gasteiger partial charge >= 0.3 is 0 Å². The molecule has 8 heteroatoms. The molecular formula is C23H17ClFNO2S3. The monoisotopic (exact) mass is 489 g/mol. The van der Waals surface area contributed by atoms with Gasteiger partial charge in [-0.05, 0) is 41.5 Å². The Labute approximate surface area is 193 Å². The highest BCUT2D eigenvalue weighted by atomic mass is 35.5. The van der Waals surface area contributed by atoms with Gasteiger partial charge in [0.2, 0.25) is 0 Å². The highest BCUT2D eigenvalue weighted by Crippen LogP contribution is 2.42. The lowest BCUT2D eigenvalue weighted by molar-refractivity contribution is 0.602. The Hall–Kier alpha value is -2.19. The van der Waals surface area contributed by atoms with Crippen LogP contribution in [0.2, 0.25) is 5.02 Å². The van der Waals surface area contributed by atoms with E-state index in [1.807, 2.05) is 24.3 Å². The molecule has 0 spiro atoms. The quantitative estimate of drug-likeness (QED) is 0.274. The number of sulfone groups is 1. The predicted octanol–water partition coefficient (Wildman–Crippen LogP) is 6.97. The molecule has 31 heavy (non-hydrogen) atoms. The maximum Gasteiger partial charge on any atom is 0.176 e. The largest absolute Gasteiger partial charge is 0.229 e. The van der Waals surface area contributed by atoms with Gasteiger partial charge in [0, 0.05) is 22.6 Å². The Kier molecular flexibility index (Phi) is 6.48. The van der Waals surface area contributed by atoms with Crippen molar-refractivity contribution in [3.05, 3.63) is 89.2 Å². The maximum atomic E-state index is 13.5. The molecule has 0 bridgehead atoms. The zero-order valence-electron chi connectivity index (χ0n) is 16.4. The minimum atomic E-state index is -3.45. The maximum absolute atomic E-state index is 13.5. The van der Waals surface area contributed by atoms with Crippen molar-refractivity contribution < 1.29 is 12.8 Å². The molecule has 0 radical (unpaired) electrons. The molecule has 0 aliphatic carbocycles. The summed E-state index contributed by atoms with van der Waals surface area (Å²) in [6.45, 7) is 0. The molecule has 0 saturated heterocycles. The van der Waals surface area contributed by atoms with Gasteiger partial charge < -0.3 is 0 Å². The van der Waals surface area contributed by atoms with Crippen LogP contribution in [0.25, 0.3) is 21.7 Å². The molecule has 3 aromatic carbocycles. The van der Waals surface area contributed by atoms with Gasteiger partial charge in [-0.1, -0.05) is 65.8 Å². The first-order valence-electron chi connectivity index (χ1n) is 9.25. The number of halogens is 2. The van der Waals surface area contributed by atoms with Gasteiger partial charge in [-0.3, -0.25) is 0 Å². The van der Waals surface area contributed by atoms with E-state index in [4.69, 9.17) is 16.6 Å². The summed E-state index contributed by atoms with van der Waals surface area (Å²) in [5.74, 6) is 0.339. The van der Waals surface area contributed by atoms with Crippen molar-refractivity contribution in [1.82, 2.24) is 4.98 Å². The molecule has 3 nitrogen and oxygen atoms in total. The van der Waals surface area contributed by atoms with Crippen LogP contribution in [-0.4, -0.2) is 19.7 Å². The zero-order valence-corrected chi connectivity index (χ0v) is 19.6. The average Bonchev–Trinajstić information content (AvgIpc) is 3.16. The van der Waals surface area contributed by atoms with Crippen LogP contribution in [-0.2, 0) is 15.6 Å². The standard InChI is InChI=1S/C23H17ClFNO2S3/c1-31(27,28)20-8-3-2-7-19(20)21-22(16-9-11-18(25)12-10-16)30-23(26-21)29-14-15-5-4-6-17(24)13-15/h2-13H,14H2,1H3. The lowest BCUT2D eigenvalue weighted by Gasteiger charge is -2.08. The number of nitrogens with zero attached hydrogens (tertiary/aromatic N) is 1. The Bertz CT molecular complexity index is 1340. The fourth-order valence-corrected chi connectivity index (χ4v) is 6.31. The summed E-state index contributed by atoms with van der Waals surface area (Å²) in [4.78, 5) is 5.79. The van der Waals surface area contributed by atoms with Crippen LogP contribution in [0, 0.1) is 5.82 Å². The molecule has 158 valence electrons. The first-order valence-corrected chi connectivity index (χ1v) is 13.3. The van der Waals surface area contributed by atoms with E-state index in [1.165, 1.54) is 29.7 Å². The molecule has 4 rings (SSSR count). The second-order valence-corrected chi connectivity index (χ2v) is 11.5. The zero-order chi connectivity index (χ0) is 22.0. The third-order valence-corrected chi connectivity index (χ3v) is 8.22. The van der Waals surface area contributed by atoms with Crippen molar-refractivity contribution >= 4 is 44.5 Å². The van der Waals surface area contributed by atoms with Gasteiger partial charge in [0.05, 0.1) is 15.5 Å². The number of hydrogen-bond acceptors (Lipinski definition) is 5. The minimum absolute atomic E-state index is 0.218. The van der Waals surface area contributed by atoms with Gasteiger partial charge in [0.25, 0.3) is 0 Å². The second-order valence-electron chi connectivity index (χ2n) is 6.85. The van der Waals surface area contributed by atoms with Gasteiger partial charge in [-0.25, -0.2) is 17.8 Å². The average molecular weight is 490 g/mol. The van der Waals surface area contributed by atoms with E-state index in [0.29, 0.717) is 22.0 Å². The molecule has 0 fully saturated rings. The predicted molar refractivity (Wildman–Crippen MR) is 127 cm³/mol. The van der Waals surface area contributed by atoms with Gasteiger partial charge in [-0.15, -0.1) is 11.3 Å². The van der Waals surface area contributed by atoms with E-state index < -0.39 is 9.84 Å². The van der Waals surface area contributed by atoms with Crippen molar-refractivity contribution in [3.63, 3.8) is 0 Å². The van der Waals surface area contributed by atoms with Crippen LogP contribution >= 0.6 is 34.7 Å². The van der Waals surface area contributed by atoms with Crippen LogP contribution in [0.3, 0.4) is 0 Å². The SMILES string of the molecule is CS(=O)(=O)c1ccccc1-c1nc(SCc2cccc(Cl)c2)sc1-c1ccc(F)cc1. The lowest BCUT2D eigenvalue weighted by Crippen LogP contribution is -2.00. The molecule has 0 aliphatic heterocycles. The highest BCUT2D eigenvalue weighted by molar-refractivity contribution is 8.00. The van der Waals surface area contributed by atoms with Crippen LogP contribution in [0.5, 0.6) is 0 Å². The first-order chi connectivity index (χ1) is 14.8. The van der Waals surface area contributed by atoms with Gasteiger partial charge in [0.1, 0.15) is 5.82 Å². The van der Waals surface area contributed by atoms with Crippen molar-refractivity contribution in [2.45, 2.75) is 15.0 Å².